The third-order valence-electron chi connectivity index (χ3n) is 3.71. The second kappa shape index (κ2) is 7.61. The molecule has 128 valence electrons. The summed E-state index contributed by atoms with van der Waals surface area (Å²) in [5.74, 6) is 0.352. The summed E-state index contributed by atoms with van der Waals surface area (Å²) in [6.45, 7) is 3.76. The summed E-state index contributed by atoms with van der Waals surface area (Å²) in [7, 11) is 2.98. The molecule has 0 spiro atoms. The van der Waals surface area contributed by atoms with E-state index >= 15 is 0 Å². The van der Waals surface area contributed by atoms with Crippen LogP contribution in [-0.4, -0.2) is 35.7 Å². The SMILES string of the molecule is COc1cc(OC)nc(SC(C=O)C(C)(C)c2cccc(F)c2)n1. The number of benzene rings is 1. The van der Waals surface area contributed by atoms with E-state index in [4.69, 9.17) is 9.47 Å². The normalized spacial score (nSPS) is 12.5. The Morgan fingerprint density at radius 2 is 1.79 bits per heavy atom. The van der Waals surface area contributed by atoms with E-state index in [1.54, 1.807) is 18.2 Å². The summed E-state index contributed by atoms with van der Waals surface area (Å²) in [4.78, 5) is 20.1. The van der Waals surface area contributed by atoms with E-state index in [0.717, 1.165) is 11.8 Å². The Balaban J connectivity index is 2.33. The predicted octanol–water partition coefficient (Wildman–Crippen LogP) is 3.27. The smallest absolute Gasteiger partial charge is 0.220 e. The molecule has 0 saturated carbocycles. The number of methoxy groups -OCH3 is 2. The van der Waals surface area contributed by atoms with E-state index in [1.165, 1.54) is 38.1 Å². The van der Waals surface area contributed by atoms with E-state index < -0.39 is 10.7 Å². The van der Waals surface area contributed by atoms with E-state index in [9.17, 15) is 9.18 Å². The van der Waals surface area contributed by atoms with Crippen molar-refractivity contribution in [1.82, 2.24) is 9.97 Å². The average molecular weight is 350 g/mol. The van der Waals surface area contributed by atoms with Gasteiger partial charge in [0.25, 0.3) is 0 Å². The first kappa shape index (κ1) is 18.2. The zero-order chi connectivity index (χ0) is 17.7. The van der Waals surface area contributed by atoms with Crippen LogP contribution in [0.3, 0.4) is 0 Å². The van der Waals surface area contributed by atoms with Gasteiger partial charge in [-0.1, -0.05) is 37.7 Å². The number of hydrogen-bond donors (Lipinski definition) is 0. The number of aldehydes is 1. The second-order valence-electron chi connectivity index (χ2n) is 5.64. The van der Waals surface area contributed by atoms with E-state index in [0.29, 0.717) is 16.9 Å². The van der Waals surface area contributed by atoms with Gasteiger partial charge in [0.05, 0.1) is 25.5 Å². The first-order valence-electron chi connectivity index (χ1n) is 7.25. The van der Waals surface area contributed by atoms with Gasteiger partial charge in [-0.05, 0) is 17.7 Å². The zero-order valence-electron chi connectivity index (χ0n) is 13.9. The molecule has 0 N–H and O–H groups in total. The van der Waals surface area contributed by atoms with Crippen LogP contribution >= 0.6 is 11.8 Å². The number of halogens is 1. The zero-order valence-corrected chi connectivity index (χ0v) is 14.8. The molecule has 1 atom stereocenters. The maximum atomic E-state index is 13.5. The lowest BCUT2D eigenvalue weighted by molar-refractivity contribution is -0.108. The molecule has 2 rings (SSSR count). The van der Waals surface area contributed by atoms with Crippen LogP contribution in [-0.2, 0) is 10.2 Å². The van der Waals surface area contributed by atoms with Crippen molar-refractivity contribution in [1.29, 1.82) is 0 Å². The molecule has 1 aromatic heterocycles. The van der Waals surface area contributed by atoms with Gasteiger partial charge in [0, 0.05) is 5.41 Å². The van der Waals surface area contributed by atoms with Crippen molar-refractivity contribution in [2.75, 3.05) is 14.2 Å². The number of ether oxygens (including phenoxy) is 2. The van der Waals surface area contributed by atoms with Gasteiger partial charge in [-0.15, -0.1) is 0 Å². The van der Waals surface area contributed by atoms with Crippen LogP contribution in [0.25, 0.3) is 0 Å². The highest BCUT2D eigenvalue weighted by molar-refractivity contribution is 8.00. The minimum absolute atomic E-state index is 0.338. The van der Waals surface area contributed by atoms with Crippen LogP contribution in [0.2, 0.25) is 0 Å². The first-order chi connectivity index (χ1) is 11.4. The number of rotatable bonds is 7. The molecule has 0 aliphatic heterocycles. The topological polar surface area (TPSA) is 61.3 Å². The molecule has 7 heteroatoms. The van der Waals surface area contributed by atoms with Crippen molar-refractivity contribution in [3.63, 3.8) is 0 Å². The molecule has 0 bridgehead atoms. The number of hydrogen-bond acceptors (Lipinski definition) is 6. The lowest BCUT2D eigenvalue weighted by Crippen LogP contribution is -2.32. The predicted molar refractivity (Wildman–Crippen MR) is 90.3 cm³/mol. The molecule has 2 aromatic rings. The fraction of sp³-hybridized carbons (Fsp3) is 0.353. The van der Waals surface area contributed by atoms with Crippen molar-refractivity contribution in [3.8, 4) is 11.8 Å². The van der Waals surface area contributed by atoms with Gasteiger partial charge in [0.1, 0.15) is 12.1 Å². The minimum Gasteiger partial charge on any atom is -0.481 e. The molecule has 0 fully saturated rings. The monoisotopic (exact) mass is 350 g/mol. The van der Waals surface area contributed by atoms with Crippen LogP contribution in [0, 0.1) is 5.82 Å². The van der Waals surface area contributed by atoms with Gasteiger partial charge < -0.3 is 14.3 Å². The number of nitrogens with zero attached hydrogens (tertiary/aromatic N) is 2. The van der Waals surface area contributed by atoms with Crippen LogP contribution in [0.5, 0.6) is 11.8 Å². The number of carbonyl (C=O) groups excluding carboxylic acids is 1. The van der Waals surface area contributed by atoms with Gasteiger partial charge >= 0.3 is 0 Å². The summed E-state index contributed by atoms with van der Waals surface area (Å²) in [5.41, 5.74) is 0.107. The molecule has 1 unspecified atom stereocenters. The van der Waals surface area contributed by atoms with Crippen molar-refractivity contribution in [3.05, 3.63) is 41.7 Å². The van der Waals surface area contributed by atoms with E-state index in [2.05, 4.69) is 9.97 Å². The van der Waals surface area contributed by atoms with Gasteiger partial charge in [-0.25, -0.2) is 4.39 Å². The van der Waals surface area contributed by atoms with Crippen molar-refractivity contribution in [2.45, 2.75) is 29.7 Å². The highest BCUT2D eigenvalue weighted by Gasteiger charge is 2.33. The first-order valence-corrected chi connectivity index (χ1v) is 8.13. The van der Waals surface area contributed by atoms with Crippen molar-refractivity contribution >= 4 is 18.0 Å². The fourth-order valence-corrected chi connectivity index (χ4v) is 3.16. The Bertz CT molecular complexity index is 702. The Kier molecular flexibility index (Phi) is 5.77. The highest BCUT2D eigenvalue weighted by Crippen LogP contribution is 2.37. The minimum atomic E-state index is -0.617. The Labute approximate surface area is 144 Å². The molecule has 0 amide bonds. The molecule has 0 aliphatic carbocycles. The Hall–Kier alpha value is -2.15. The fourth-order valence-electron chi connectivity index (χ4n) is 2.16. The lowest BCUT2D eigenvalue weighted by Gasteiger charge is -2.30. The summed E-state index contributed by atoms with van der Waals surface area (Å²) in [6, 6.07) is 7.79. The van der Waals surface area contributed by atoms with E-state index in [-0.39, 0.29) is 5.82 Å². The van der Waals surface area contributed by atoms with Crippen LogP contribution in [0.4, 0.5) is 4.39 Å². The molecule has 0 aliphatic rings. The number of aromatic nitrogens is 2. The third-order valence-corrected chi connectivity index (χ3v) is 5.06. The molecular formula is C17H19FN2O3S. The number of thioether (sulfide) groups is 1. The molecule has 5 nitrogen and oxygen atoms in total. The van der Waals surface area contributed by atoms with Gasteiger partial charge in [0.15, 0.2) is 5.16 Å². The van der Waals surface area contributed by atoms with Crippen LogP contribution in [0.15, 0.2) is 35.5 Å². The maximum Gasteiger partial charge on any atom is 0.220 e. The molecule has 24 heavy (non-hydrogen) atoms. The molecule has 1 heterocycles. The molecule has 0 saturated heterocycles. The lowest BCUT2D eigenvalue weighted by atomic mass is 9.81. The summed E-state index contributed by atoms with van der Waals surface area (Å²) in [5, 5.41) is -0.163. The number of carbonyl (C=O) groups is 1. The standard InChI is InChI=1S/C17H19FN2O3S/c1-17(2,11-6-5-7-12(18)8-11)13(10-21)24-16-19-14(22-3)9-15(20-16)23-4/h5-10,13H,1-4H3. The van der Waals surface area contributed by atoms with Gasteiger partial charge in [-0.2, -0.15) is 9.97 Å². The van der Waals surface area contributed by atoms with Crippen molar-refractivity contribution in [2.24, 2.45) is 0 Å². The second-order valence-corrected chi connectivity index (χ2v) is 6.75. The van der Waals surface area contributed by atoms with Gasteiger partial charge in [0.2, 0.25) is 11.8 Å². The third kappa shape index (κ3) is 4.03. The van der Waals surface area contributed by atoms with Crippen LogP contribution < -0.4 is 9.47 Å². The van der Waals surface area contributed by atoms with Crippen molar-refractivity contribution < 1.29 is 18.7 Å². The van der Waals surface area contributed by atoms with Crippen LogP contribution in [0.1, 0.15) is 19.4 Å². The quantitative estimate of drug-likeness (QED) is 0.434. The Morgan fingerprint density at radius 1 is 1.17 bits per heavy atom. The molecular weight excluding hydrogens is 331 g/mol. The Morgan fingerprint density at radius 3 is 2.29 bits per heavy atom. The summed E-state index contributed by atoms with van der Waals surface area (Å²) in [6.07, 6.45) is 0.824. The molecule has 0 radical (unpaired) electrons. The average Bonchev–Trinajstić information content (AvgIpc) is 2.59. The molecule has 1 aromatic carbocycles. The highest BCUT2D eigenvalue weighted by atomic mass is 32.2. The van der Waals surface area contributed by atoms with E-state index in [1.807, 2.05) is 13.8 Å². The largest absolute Gasteiger partial charge is 0.481 e. The van der Waals surface area contributed by atoms with Gasteiger partial charge in [-0.3, -0.25) is 0 Å². The summed E-state index contributed by atoms with van der Waals surface area (Å²) >= 11 is 1.18. The summed E-state index contributed by atoms with van der Waals surface area (Å²) < 4.78 is 23.8. The maximum absolute atomic E-state index is 13.5.